The van der Waals surface area contributed by atoms with E-state index in [2.05, 4.69) is 36.9 Å². The van der Waals surface area contributed by atoms with Gasteiger partial charge in [-0.05, 0) is 49.1 Å². The number of fused-ring (bicyclic) bond motifs is 4. The standard InChI is InChI=1S/C23H20N2O3/c1-22(2)17-6-4-5-7-18(17)25(3)23(22)13-24-20-16-10-8-15(21(26)27)12-14(16)9-11-19(20)28-23/h4-13H,1-3H3,(H,26,27). The van der Waals surface area contributed by atoms with E-state index in [1.807, 2.05) is 31.5 Å². The quantitative estimate of drug-likeness (QED) is 0.669. The zero-order chi connectivity index (χ0) is 19.7. The number of nitrogens with zero attached hydrogens (tertiary/aromatic N) is 2. The molecule has 0 saturated carbocycles. The van der Waals surface area contributed by atoms with Gasteiger partial charge in [-0.15, -0.1) is 0 Å². The Balaban J connectivity index is 1.67. The monoisotopic (exact) mass is 372 g/mol. The minimum atomic E-state index is -0.939. The first-order chi connectivity index (χ1) is 13.3. The summed E-state index contributed by atoms with van der Waals surface area (Å²) in [4.78, 5) is 18.2. The van der Waals surface area contributed by atoms with E-state index in [1.165, 1.54) is 5.56 Å². The van der Waals surface area contributed by atoms with Gasteiger partial charge in [-0.3, -0.25) is 4.99 Å². The summed E-state index contributed by atoms with van der Waals surface area (Å²) in [5.74, 6) is -0.240. The SMILES string of the molecule is CN1c2ccccc2C(C)(C)C12C=Nc1c(ccc3cc(C(=O)O)ccc13)O2. The summed E-state index contributed by atoms with van der Waals surface area (Å²) in [5.41, 5.74) is 2.32. The van der Waals surface area contributed by atoms with E-state index >= 15 is 0 Å². The molecular formula is C23H20N2O3. The fraction of sp³-hybridized carbons (Fsp3) is 0.217. The fourth-order valence-electron chi connectivity index (χ4n) is 4.52. The van der Waals surface area contributed by atoms with E-state index in [0.29, 0.717) is 5.75 Å². The molecule has 5 nitrogen and oxygen atoms in total. The Morgan fingerprint density at radius 3 is 2.64 bits per heavy atom. The molecule has 5 rings (SSSR count). The lowest BCUT2D eigenvalue weighted by molar-refractivity contribution is 0.0697. The Morgan fingerprint density at radius 1 is 1.11 bits per heavy atom. The third kappa shape index (κ3) is 1.96. The van der Waals surface area contributed by atoms with Gasteiger partial charge < -0.3 is 14.7 Å². The molecule has 0 bridgehead atoms. The van der Waals surface area contributed by atoms with Gasteiger partial charge in [-0.25, -0.2) is 4.79 Å². The predicted molar refractivity (Wildman–Crippen MR) is 110 cm³/mol. The number of para-hydroxylation sites is 1. The second-order valence-corrected chi connectivity index (χ2v) is 7.91. The molecule has 0 aromatic heterocycles. The predicted octanol–water partition coefficient (Wildman–Crippen LogP) is 4.76. The number of likely N-dealkylation sites (N-methyl/N-ethyl adjacent to an activating group) is 1. The number of anilines is 1. The Labute approximate surface area is 162 Å². The third-order valence-electron chi connectivity index (χ3n) is 6.17. The Kier molecular flexibility index (Phi) is 3.21. The molecule has 1 unspecified atom stereocenters. The van der Waals surface area contributed by atoms with Gasteiger partial charge in [0.25, 0.3) is 0 Å². The average Bonchev–Trinajstić information content (AvgIpc) is 2.86. The molecular weight excluding hydrogens is 352 g/mol. The van der Waals surface area contributed by atoms with Gasteiger partial charge in [-0.1, -0.05) is 30.3 Å². The molecule has 140 valence electrons. The number of hydrogen-bond acceptors (Lipinski definition) is 4. The number of carboxylic acids is 1. The van der Waals surface area contributed by atoms with E-state index in [1.54, 1.807) is 18.2 Å². The Hall–Kier alpha value is -3.34. The first-order valence-electron chi connectivity index (χ1n) is 9.23. The molecule has 1 atom stereocenters. The van der Waals surface area contributed by atoms with Crippen molar-refractivity contribution in [3.63, 3.8) is 0 Å². The van der Waals surface area contributed by atoms with Crippen LogP contribution in [-0.2, 0) is 5.41 Å². The van der Waals surface area contributed by atoms with Crippen LogP contribution >= 0.6 is 0 Å². The number of carbonyl (C=O) groups is 1. The molecule has 1 N–H and O–H groups in total. The van der Waals surface area contributed by atoms with Gasteiger partial charge in [0.1, 0.15) is 11.4 Å². The van der Waals surface area contributed by atoms with Crippen LogP contribution in [0.4, 0.5) is 11.4 Å². The van der Waals surface area contributed by atoms with Gasteiger partial charge >= 0.3 is 5.97 Å². The van der Waals surface area contributed by atoms with Crippen molar-refractivity contribution >= 4 is 34.3 Å². The zero-order valence-electron chi connectivity index (χ0n) is 15.9. The summed E-state index contributed by atoms with van der Waals surface area (Å²) in [6, 6.07) is 17.2. The highest BCUT2D eigenvalue weighted by Gasteiger charge is 2.58. The number of aliphatic imine (C=N–C) groups is 1. The molecule has 0 radical (unpaired) electrons. The number of carboxylic acid groups (broad SMARTS) is 1. The molecule has 0 saturated heterocycles. The van der Waals surface area contributed by atoms with Crippen molar-refractivity contribution in [2.45, 2.75) is 25.0 Å². The van der Waals surface area contributed by atoms with Gasteiger partial charge in [0.15, 0.2) is 0 Å². The lowest BCUT2D eigenvalue weighted by atomic mass is 9.77. The van der Waals surface area contributed by atoms with Crippen molar-refractivity contribution in [3.8, 4) is 5.75 Å². The molecule has 0 amide bonds. The highest BCUT2D eigenvalue weighted by molar-refractivity contribution is 6.02. The van der Waals surface area contributed by atoms with Crippen molar-refractivity contribution in [2.75, 3.05) is 11.9 Å². The van der Waals surface area contributed by atoms with Gasteiger partial charge in [-0.2, -0.15) is 0 Å². The smallest absolute Gasteiger partial charge is 0.335 e. The first-order valence-corrected chi connectivity index (χ1v) is 9.23. The lowest BCUT2D eigenvalue weighted by Crippen LogP contribution is -2.61. The zero-order valence-corrected chi connectivity index (χ0v) is 15.9. The molecule has 0 aliphatic carbocycles. The number of hydrogen-bond donors (Lipinski definition) is 1. The van der Waals surface area contributed by atoms with Gasteiger partial charge in [0.2, 0.25) is 5.72 Å². The maximum atomic E-state index is 11.3. The number of rotatable bonds is 1. The van der Waals surface area contributed by atoms with Crippen LogP contribution in [0.25, 0.3) is 10.8 Å². The second-order valence-electron chi connectivity index (χ2n) is 7.91. The van der Waals surface area contributed by atoms with Gasteiger partial charge in [0.05, 0.1) is 17.2 Å². The van der Waals surface area contributed by atoms with E-state index < -0.39 is 11.7 Å². The topological polar surface area (TPSA) is 62.1 Å². The van der Waals surface area contributed by atoms with Gasteiger partial charge in [0, 0.05) is 18.1 Å². The molecule has 3 aromatic rings. The van der Waals surface area contributed by atoms with Crippen LogP contribution in [0.2, 0.25) is 0 Å². The lowest BCUT2D eigenvalue weighted by Gasteiger charge is -2.45. The van der Waals surface area contributed by atoms with Crippen molar-refractivity contribution in [1.82, 2.24) is 0 Å². The van der Waals surface area contributed by atoms with Crippen molar-refractivity contribution in [2.24, 2.45) is 4.99 Å². The molecule has 5 heteroatoms. The first kappa shape index (κ1) is 16.8. The summed E-state index contributed by atoms with van der Waals surface area (Å²) in [6.45, 7) is 4.35. The summed E-state index contributed by atoms with van der Waals surface area (Å²) in [7, 11) is 2.03. The third-order valence-corrected chi connectivity index (χ3v) is 6.17. The van der Waals surface area contributed by atoms with Crippen LogP contribution in [0.15, 0.2) is 59.6 Å². The molecule has 2 aliphatic rings. The minimum absolute atomic E-state index is 0.261. The molecule has 28 heavy (non-hydrogen) atoms. The van der Waals surface area contributed by atoms with E-state index in [-0.39, 0.29) is 11.0 Å². The molecule has 1 spiro atoms. The summed E-state index contributed by atoms with van der Waals surface area (Å²) in [5, 5.41) is 10.9. The summed E-state index contributed by atoms with van der Waals surface area (Å²) in [6.07, 6.45) is 1.89. The summed E-state index contributed by atoms with van der Waals surface area (Å²) >= 11 is 0. The number of ether oxygens (including phenoxy) is 1. The van der Waals surface area contributed by atoms with Crippen LogP contribution in [0.1, 0.15) is 29.8 Å². The molecule has 0 fully saturated rings. The van der Waals surface area contributed by atoms with Crippen LogP contribution in [0, 0.1) is 0 Å². The second kappa shape index (κ2) is 5.35. The number of benzene rings is 3. The van der Waals surface area contributed by atoms with Crippen LogP contribution in [0.3, 0.4) is 0 Å². The van der Waals surface area contributed by atoms with Crippen molar-refractivity contribution < 1.29 is 14.6 Å². The van der Waals surface area contributed by atoms with Crippen molar-refractivity contribution in [1.29, 1.82) is 0 Å². The normalized spacial score (nSPS) is 21.5. The molecule has 3 aromatic carbocycles. The van der Waals surface area contributed by atoms with E-state index in [0.717, 1.165) is 22.1 Å². The van der Waals surface area contributed by atoms with Crippen LogP contribution in [-0.4, -0.2) is 30.1 Å². The largest absolute Gasteiger partial charge is 0.478 e. The highest BCUT2D eigenvalue weighted by Crippen LogP contribution is 2.54. The van der Waals surface area contributed by atoms with Crippen LogP contribution < -0.4 is 9.64 Å². The Morgan fingerprint density at radius 2 is 1.89 bits per heavy atom. The maximum absolute atomic E-state index is 11.3. The summed E-state index contributed by atoms with van der Waals surface area (Å²) < 4.78 is 6.64. The number of aromatic carboxylic acids is 1. The average molecular weight is 372 g/mol. The highest BCUT2D eigenvalue weighted by atomic mass is 16.5. The van der Waals surface area contributed by atoms with Crippen molar-refractivity contribution in [3.05, 3.63) is 65.7 Å². The van der Waals surface area contributed by atoms with E-state index in [9.17, 15) is 9.90 Å². The Bertz CT molecular complexity index is 1180. The molecule has 2 heterocycles. The molecule has 2 aliphatic heterocycles. The maximum Gasteiger partial charge on any atom is 0.335 e. The van der Waals surface area contributed by atoms with E-state index in [4.69, 9.17) is 9.73 Å². The van der Waals surface area contributed by atoms with Crippen LogP contribution in [0.5, 0.6) is 5.75 Å². The minimum Gasteiger partial charge on any atom is -0.478 e. The fourth-order valence-corrected chi connectivity index (χ4v) is 4.52.